The zero-order valence-corrected chi connectivity index (χ0v) is 14.4. The average molecular weight is 345 g/mol. The molecule has 1 aromatic rings. The molecular weight excluding hydrogens is 320 g/mol. The number of carbonyl (C=O) groups excluding carboxylic acids is 1. The lowest BCUT2D eigenvalue weighted by Crippen LogP contribution is -2.51. The van der Waals surface area contributed by atoms with Crippen LogP contribution in [0.5, 0.6) is 5.75 Å². The Bertz CT molecular complexity index is 493. The van der Waals surface area contributed by atoms with Crippen LogP contribution in [0.25, 0.3) is 0 Å². The Morgan fingerprint density at radius 3 is 2.65 bits per heavy atom. The molecular formula is C16H25ClN2O4. The normalized spacial score (nSPS) is 16.3. The van der Waals surface area contributed by atoms with E-state index >= 15 is 0 Å². The number of ether oxygens (including phenoxy) is 3. The predicted molar refractivity (Wildman–Crippen MR) is 91.5 cm³/mol. The third kappa shape index (κ3) is 5.35. The summed E-state index contributed by atoms with van der Waals surface area (Å²) in [6.45, 7) is 2.56. The van der Waals surface area contributed by atoms with E-state index in [-0.39, 0.29) is 18.3 Å². The van der Waals surface area contributed by atoms with Crippen LogP contribution in [0.4, 0.5) is 5.69 Å². The first-order valence-electron chi connectivity index (χ1n) is 7.49. The van der Waals surface area contributed by atoms with Gasteiger partial charge in [-0.25, -0.2) is 0 Å². The molecule has 0 radical (unpaired) electrons. The molecule has 2 N–H and O–H groups in total. The zero-order valence-electron chi connectivity index (χ0n) is 13.6. The Labute approximate surface area is 143 Å². The SMILES string of the molecule is COCCOc1cccc(NC(=O)C2(OC)CCNCC2)c1.Cl. The number of halogens is 1. The van der Waals surface area contributed by atoms with E-state index in [0.29, 0.717) is 37.5 Å². The first-order chi connectivity index (χ1) is 10.7. The molecule has 23 heavy (non-hydrogen) atoms. The molecule has 0 aliphatic carbocycles. The van der Waals surface area contributed by atoms with Gasteiger partial charge >= 0.3 is 0 Å². The summed E-state index contributed by atoms with van der Waals surface area (Å²) in [6.07, 6.45) is 1.33. The molecule has 0 spiro atoms. The Kier molecular flexibility index (Phi) is 8.33. The van der Waals surface area contributed by atoms with E-state index in [0.717, 1.165) is 13.1 Å². The fourth-order valence-corrected chi connectivity index (χ4v) is 2.51. The smallest absolute Gasteiger partial charge is 0.256 e. The Balaban J connectivity index is 0.00000264. The molecule has 1 amide bonds. The van der Waals surface area contributed by atoms with Crippen LogP contribution in [0.3, 0.4) is 0 Å². The Morgan fingerprint density at radius 1 is 1.26 bits per heavy atom. The Morgan fingerprint density at radius 2 is 2.00 bits per heavy atom. The van der Waals surface area contributed by atoms with E-state index in [9.17, 15) is 4.79 Å². The number of methoxy groups -OCH3 is 2. The minimum atomic E-state index is -0.752. The van der Waals surface area contributed by atoms with E-state index in [1.165, 1.54) is 0 Å². The van der Waals surface area contributed by atoms with Crippen molar-refractivity contribution in [1.29, 1.82) is 0 Å². The largest absolute Gasteiger partial charge is 0.491 e. The number of hydrogen-bond donors (Lipinski definition) is 2. The molecule has 1 heterocycles. The maximum absolute atomic E-state index is 12.6. The lowest BCUT2D eigenvalue weighted by atomic mass is 9.91. The van der Waals surface area contributed by atoms with E-state index in [4.69, 9.17) is 14.2 Å². The van der Waals surface area contributed by atoms with Crippen molar-refractivity contribution in [3.8, 4) is 5.75 Å². The first kappa shape index (κ1) is 19.7. The second-order valence-corrected chi connectivity index (χ2v) is 5.27. The summed E-state index contributed by atoms with van der Waals surface area (Å²) in [6, 6.07) is 7.34. The minimum Gasteiger partial charge on any atom is -0.491 e. The number of anilines is 1. The maximum atomic E-state index is 12.6. The number of nitrogens with one attached hydrogen (secondary N) is 2. The molecule has 7 heteroatoms. The van der Waals surface area contributed by atoms with Gasteiger partial charge in [0.1, 0.15) is 18.0 Å². The third-order valence-corrected chi connectivity index (χ3v) is 3.86. The summed E-state index contributed by atoms with van der Waals surface area (Å²) >= 11 is 0. The van der Waals surface area contributed by atoms with Gasteiger partial charge in [-0.15, -0.1) is 12.4 Å². The first-order valence-corrected chi connectivity index (χ1v) is 7.49. The molecule has 0 bridgehead atoms. The zero-order chi connectivity index (χ0) is 15.8. The molecule has 6 nitrogen and oxygen atoms in total. The molecule has 1 aliphatic rings. The highest BCUT2D eigenvalue weighted by Gasteiger charge is 2.39. The van der Waals surface area contributed by atoms with E-state index in [2.05, 4.69) is 10.6 Å². The van der Waals surface area contributed by atoms with Crippen molar-refractivity contribution in [2.75, 3.05) is 45.8 Å². The summed E-state index contributed by atoms with van der Waals surface area (Å²) in [5.74, 6) is 0.595. The summed E-state index contributed by atoms with van der Waals surface area (Å²) in [5.41, 5.74) is -0.0482. The molecule has 0 atom stereocenters. The molecule has 130 valence electrons. The fraction of sp³-hybridized carbons (Fsp3) is 0.562. The molecule has 1 fully saturated rings. The number of carbonyl (C=O) groups is 1. The van der Waals surface area contributed by atoms with Crippen molar-refractivity contribution in [1.82, 2.24) is 5.32 Å². The van der Waals surface area contributed by atoms with Crippen LogP contribution in [0.15, 0.2) is 24.3 Å². The van der Waals surface area contributed by atoms with Crippen LogP contribution < -0.4 is 15.4 Å². The molecule has 1 aromatic carbocycles. The van der Waals surface area contributed by atoms with Gasteiger partial charge in [-0.05, 0) is 38.1 Å². The van der Waals surface area contributed by atoms with Gasteiger partial charge in [-0.3, -0.25) is 4.79 Å². The number of amides is 1. The fourth-order valence-electron chi connectivity index (χ4n) is 2.51. The van der Waals surface area contributed by atoms with Crippen molar-refractivity contribution in [3.63, 3.8) is 0 Å². The average Bonchev–Trinajstić information content (AvgIpc) is 2.56. The molecule has 1 saturated heterocycles. The van der Waals surface area contributed by atoms with Crippen molar-refractivity contribution in [2.24, 2.45) is 0 Å². The van der Waals surface area contributed by atoms with Crippen molar-refractivity contribution < 1.29 is 19.0 Å². The highest BCUT2D eigenvalue weighted by Crippen LogP contribution is 2.25. The second kappa shape index (κ2) is 9.72. The van der Waals surface area contributed by atoms with Gasteiger partial charge in [0, 0.05) is 26.0 Å². The highest BCUT2D eigenvalue weighted by molar-refractivity contribution is 5.97. The summed E-state index contributed by atoms with van der Waals surface area (Å²) in [4.78, 5) is 12.6. The second-order valence-electron chi connectivity index (χ2n) is 5.27. The molecule has 2 rings (SSSR count). The van der Waals surface area contributed by atoms with Crippen LogP contribution in [0.2, 0.25) is 0 Å². The van der Waals surface area contributed by atoms with Crippen LogP contribution >= 0.6 is 12.4 Å². The number of hydrogen-bond acceptors (Lipinski definition) is 5. The summed E-state index contributed by atoms with van der Waals surface area (Å²) in [5, 5.41) is 6.17. The predicted octanol–water partition coefficient (Wildman–Crippen LogP) is 1.84. The topological polar surface area (TPSA) is 68.8 Å². The molecule has 0 unspecified atom stereocenters. The van der Waals surface area contributed by atoms with Gasteiger partial charge in [0.05, 0.1) is 6.61 Å². The molecule has 1 aliphatic heterocycles. The summed E-state index contributed by atoms with van der Waals surface area (Å²) in [7, 11) is 3.22. The van der Waals surface area contributed by atoms with E-state index in [1.54, 1.807) is 20.3 Å². The van der Waals surface area contributed by atoms with Gasteiger partial charge in [0.25, 0.3) is 5.91 Å². The number of benzene rings is 1. The highest BCUT2D eigenvalue weighted by atomic mass is 35.5. The van der Waals surface area contributed by atoms with Gasteiger partial charge in [-0.2, -0.15) is 0 Å². The quantitative estimate of drug-likeness (QED) is 0.739. The van der Waals surface area contributed by atoms with Crippen LogP contribution in [-0.4, -0.2) is 52.0 Å². The number of piperidine rings is 1. The van der Waals surface area contributed by atoms with Gasteiger partial charge in [-0.1, -0.05) is 6.07 Å². The minimum absolute atomic E-state index is 0. The monoisotopic (exact) mass is 344 g/mol. The molecule has 0 aromatic heterocycles. The van der Waals surface area contributed by atoms with Gasteiger partial charge in [0.2, 0.25) is 0 Å². The van der Waals surface area contributed by atoms with Crippen molar-refractivity contribution in [2.45, 2.75) is 18.4 Å². The molecule has 0 saturated carbocycles. The lowest BCUT2D eigenvalue weighted by Gasteiger charge is -2.34. The lowest BCUT2D eigenvalue weighted by molar-refractivity contribution is -0.140. The maximum Gasteiger partial charge on any atom is 0.256 e. The van der Waals surface area contributed by atoms with E-state index in [1.807, 2.05) is 18.2 Å². The standard InChI is InChI=1S/C16H24N2O4.ClH/c1-20-10-11-22-14-5-3-4-13(12-14)18-15(19)16(21-2)6-8-17-9-7-16;/h3-5,12,17H,6-11H2,1-2H3,(H,18,19);1H. The number of rotatable bonds is 7. The van der Waals surface area contributed by atoms with Crippen molar-refractivity contribution >= 4 is 24.0 Å². The van der Waals surface area contributed by atoms with Crippen molar-refractivity contribution in [3.05, 3.63) is 24.3 Å². The third-order valence-electron chi connectivity index (χ3n) is 3.86. The van der Waals surface area contributed by atoms with Gasteiger partial charge in [0.15, 0.2) is 0 Å². The Hall–Kier alpha value is -1.34. The van der Waals surface area contributed by atoms with Crippen LogP contribution in [-0.2, 0) is 14.3 Å². The van der Waals surface area contributed by atoms with Gasteiger partial charge < -0.3 is 24.8 Å². The summed E-state index contributed by atoms with van der Waals surface area (Å²) < 4.78 is 16.0. The van der Waals surface area contributed by atoms with Crippen LogP contribution in [0.1, 0.15) is 12.8 Å². The van der Waals surface area contributed by atoms with E-state index < -0.39 is 5.60 Å². The van der Waals surface area contributed by atoms with Crippen LogP contribution in [0, 0.1) is 0 Å².